The van der Waals surface area contributed by atoms with E-state index in [1.807, 2.05) is 0 Å². The minimum Gasteiger partial charge on any atom is -0.339 e. The van der Waals surface area contributed by atoms with Gasteiger partial charge in [0.05, 0.1) is 15.7 Å². The number of pyridine rings is 1. The molecule has 3 rings (SSSR count). The second-order valence-corrected chi connectivity index (χ2v) is 7.96. The van der Waals surface area contributed by atoms with E-state index in [9.17, 15) is 17.6 Å². The summed E-state index contributed by atoms with van der Waals surface area (Å²) in [6, 6.07) is 8.26. The van der Waals surface area contributed by atoms with E-state index in [1.54, 1.807) is 23.2 Å². The predicted molar refractivity (Wildman–Crippen MR) is 86.7 cm³/mol. The number of carbonyl (C=O) groups is 1. The van der Waals surface area contributed by atoms with Gasteiger partial charge in [-0.1, -0.05) is 0 Å². The highest BCUT2D eigenvalue weighted by Gasteiger charge is 2.32. The third kappa shape index (κ3) is 3.31. The van der Waals surface area contributed by atoms with Crippen LogP contribution in [0.5, 0.6) is 0 Å². The number of aromatic nitrogens is 1. The van der Waals surface area contributed by atoms with Gasteiger partial charge in [-0.15, -0.1) is 0 Å². The van der Waals surface area contributed by atoms with Crippen LogP contribution in [0.1, 0.15) is 23.2 Å². The maximum absolute atomic E-state index is 13.0. The van der Waals surface area contributed by atoms with Gasteiger partial charge in [0.15, 0.2) is 9.84 Å². The number of carbonyl (C=O) groups excluding carboxylic acids is 1. The third-order valence-corrected chi connectivity index (χ3v) is 6.50. The number of amides is 1. The molecule has 0 radical (unpaired) electrons. The molecule has 2 aromatic rings. The van der Waals surface area contributed by atoms with Gasteiger partial charge in [0, 0.05) is 25.5 Å². The molecule has 0 saturated carbocycles. The predicted octanol–water partition coefficient (Wildman–Crippen LogP) is 2.30. The Bertz CT molecular complexity index is 815. The molecule has 1 amide bonds. The highest BCUT2D eigenvalue weighted by Crippen LogP contribution is 2.25. The van der Waals surface area contributed by atoms with Gasteiger partial charge in [-0.3, -0.25) is 9.78 Å². The van der Waals surface area contributed by atoms with Gasteiger partial charge >= 0.3 is 0 Å². The number of rotatable bonds is 3. The summed E-state index contributed by atoms with van der Waals surface area (Å²) in [7, 11) is -3.51. The molecule has 0 atom stereocenters. The lowest BCUT2D eigenvalue weighted by Gasteiger charge is -2.31. The van der Waals surface area contributed by atoms with Crippen LogP contribution < -0.4 is 0 Å². The molecule has 24 heavy (non-hydrogen) atoms. The lowest BCUT2D eigenvalue weighted by Crippen LogP contribution is -2.42. The third-order valence-electron chi connectivity index (χ3n) is 4.22. The van der Waals surface area contributed by atoms with Crippen LogP contribution >= 0.6 is 0 Å². The Labute approximate surface area is 140 Å². The van der Waals surface area contributed by atoms with E-state index in [4.69, 9.17) is 0 Å². The molecule has 1 fully saturated rings. The van der Waals surface area contributed by atoms with E-state index in [0.717, 1.165) is 12.1 Å². The van der Waals surface area contributed by atoms with E-state index in [-0.39, 0.29) is 10.8 Å². The lowest BCUT2D eigenvalue weighted by atomic mass is 10.1. The van der Waals surface area contributed by atoms with Crippen molar-refractivity contribution in [2.24, 2.45) is 0 Å². The van der Waals surface area contributed by atoms with Gasteiger partial charge in [-0.05, 0) is 49.2 Å². The van der Waals surface area contributed by atoms with E-state index < -0.39 is 20.9 Å². The highest BCUT2D eigenvalue weighted by molar-refractivity contribution is 7.92. The van der Waals surface area contributed by atoms with Gasteiger partial charge in [-0.25, -0.2) is 12.8 Å². The summed E-state index contributed by atoms with van der Waals surface area (Å²) in [6.07, 6.45) is 3.83. The van der Waals surface area contributed by atoms with Crippen LogP contribution in [0.15, 0.2) is 53.7 Å². The molecule has 0 aliphatic carbocycles. The Morgan fingerprint density at radius 3 is 2.38 bits per heavy atom. The Morgan fingerprint density at radius 1 is 1.12 bits per heavy atom. The summed E-state index contributed by atoms with van der Waals surface area (Å²) in [4.78, 5) is 18.1. The molecule has 126 valence electrons. The largest absolute Gasteiger partial charge is 0.339 e. The Hall–Kier alpha value is -2.28. The van der Waals surface area contributed by atoms with Crippen molar-refractivity contribution in [1.82, 2.24) is 9.88 Å². The zero-order valence-electron chi connectivity index (χ0n) is 12.9. The average Bonchev–Trinajstić information content (AvgIpc) is 2.62. The lowest BCUT2D eigenvalue weighted by molar-refractivity contribution is 0.0725. The smallest absolute Gasteiger partial charge is 0.255 e. The fraction of sp³-hybridized carbons (Fsp3) is 0.294. The summed E-state index contributed by atoms with van der Waals surface area (Å²) in [5, 5.41) is -0.555. The summed E-state index contributed by atoms with van der Waals surface area (Å²) < 4.78 is 38.2. The van der Waals surface area contributed by atoms with E-state index >= 15 is 0 Å². The van der Waals surface area contributed by atoms with Crippen molar-refractivity contribution in [3.63, 3.8) is 0 Å². The summed E-state index contributed by atoms with van der Waals surface area (Å²) in [6.45, 7) is 0.748. The number of hydrogen-bond donors (Lipinski definition) is 0. The molecule has 0 bridgehead atoms. The van der Waals surface area contributed by atoms with Crippen molar-refractivity contribution >= 4 is 15.7 Å². The first-order valence-corrected chi connectivity index (χ1v) is 9.22. The minimum absolute atomic E-state index is 0.126. The van der Waals surface area contributed by atoms with E-state index in [2.05, 4.69) is 4.98 Å². The first-order chi connectivity index (χ1) is 11.5. The standard InChI is InChI=1S/C17H17FN2O3S/c18-14-3-5-15(6-4-14)24(22,23)16-7-10-20(11-8-16)17(21)13-2-1-9-19-12-13/h1-6,9,12,16H,7-8,10-11H2. The van der Waals surface area contributed by atoms with Crippen molar-refractivity contribution < 1.29 is 17.6 Å². The number of sulfone groups is 1. The summed E-state index contributed by atoms with van der Waals surface area (Å²) >= 11 is 0. The number of benzene rings is 1. The molecule has 1 saturated heterocycles. The van der Waals surface area contributed by atoms with Crippen molar-refractivity contribution in [2.75, 3.05) is 13.1 Å². The van der Waals surface area contributed by atoms with Crippen LogP contribution in [-0.2, 0) is 9.84 Å². The first-order valence-electron chi connectivity index (χ1n) is 7.67. The molecule has 0 N–H and O–H groups in total. The fourth-order valence-corrected chi connectivity index (χ4v) is 4.59. The molecule has 7 heteroatoms. The molecular weight excluding hydrogens is 331 g/mol. The maximum Gasteiger partial charge on any atom is 0.255 e. The molecule has 1 aliphatic heterocycles. The second-order valence-electron chi connectivity index (χ2n) is 5.73. The van der Waals surface area contributed by atoms with Crippen LogP contribution in [0.2, 0.25) is 0 Å². The summed E-state index contributed by atoms with van der Waals surface area (Å²) in [5.41, 5.74) is 0.498. The van der Waals surface area contributed by atoms with Crippen molar-refractivity contribution in [1.29, 1.82) is 0 Å². The van der Waals surface area contributed by atoms with Crippen LogP contribution in [-0.4, -0.2) is 42.5 Å². The minimum atomic E-state index is -3.51. The molecule has 2 heterocycles. The van der Waals surface area contributed by atoms with Crippen LogP contribution in [0.25, 0.3) is 0 Å². The van der Waals surface area contributed by atoms with Crippen molar-refractivity contribution in [3.8, 4) is 0 Å². The van der Waals surface area contributed by atoms with Gasteiger partial charge < -0.3 is 4.90 Å². The fourth-order valence-electron chi connectivity index (χ4n) is 2.86. The number of halogens is 1. The summed E-state index contributed by atoms with van der Waals surface area (Å²) in [5.74, 6) is -0.605. The molecule has 1 aliphatic rings. The Morgan fingerprint density at radius 2 is 1.79 bits per heavy atom. The number of hydrogen-bond acceptors (Lipinski definition) is 4. The van der Waals surface area contributed by atoms with Gasteiger partial charge in [0.25, 0.3) is 5.91 Å². The maximum atomic E-state index is 13.0. The molecule has 1 aromatic heterocycles. The van der Waals surface area contributed by atoms with Gasteiger partial charge in [0.2, 0.25) is 0 Å². The highest BCUT2D eigenvalue weighted by atomic mass is 32.2. The van der Waals surface area contributed by atoms with Crippen LogP contribution in [0.3, 0.4) is 0 Å². The van der Waals surface area contributed by atoms with Gasteiger partial charge in [-0.2, -0.15) is 0 Å². The molecule has 0 spiro atoms. The quantitative estimate of drug-likeness (QED) is 0.798. The van der Waals surface area contributed by atoms with Crippen LogP contribution in [0, 0.1) is 5.82 Å². The van der Waals surface area contributed by atoms with Crippen molar-refractivity contribution in [2.45, 2.75) is 23.0 Å². The molecule has 5 nitrogen and oxygen atoms in total. The topological polar surface area (TPSA) is 67.3 Å². The molecule has 0 unspecified atom stereocenters. The average molecular weight is 348 g/mol. The van der Waals surface area contributed by atoms with E-state index in [0.29, 0.717) is 31.5 Å². The van der Waals surface area contributed by atoms with E-state index in [1.165, 1.54) is 18.3 Å². The van der Waals surface area contributed by atoms with Gasteiger partial charge in [0.1, 0.15) is 5.82 Å². The van der Waals surface area contributed by atoms with Crippen LogP contribution in [0.4, 0.5) is 4.39 Å². The first kappa shape index (κ1) is 16.6. The zero-order chi connectivity index (χ0) is 17.2. The number of nitrogens with zero attached hydrogens (tertiary/aromatic N) is 2. The SMILES string of the molecule is O=C(c1cccnc1)N1CCC(S(=O)(=O)c2ccc(F)cc2)CC1. The zero-order valence-corrected chi connectivity index (χ0v) is 13.7. The normalized spacial score (nSPS) is 16.1. The van der Waals surface area contributed by atoms with Crippen molar-refractivity contribution in [3.05, 3.63) is 60.2 Å². The Kier molecular flexibility index (Phi) is 4.62. The second kappa shape index (κ2) is 6.68. The number of piperidine rings is 1. The monoisotopic (exact) mass is 348 g/mol. The Balaban J connectivity index is 1.68. The molecule has 1 aromatic carbocycles. The number of likely N-dealkylation sites (tertiary alicyclic amines) is 1. The molecular formula is C17H17FN2O3S.